The van der Waals surface area contributed by atoms with Crippen LogP contribution in [-0.4, -0.2) is 37.9 Å². The van der Waals surface area contributed by atoms with Crippen molar-refractivity contribution in [2.75, 3.05) is 6.61 Å². The van der Waals surface area contributed by atoms with Gasteiger partial charge in [-0.25, -0.2) is 9.69 Å². The van der Waals surface area contributed by atoms with Gasteiger partial charge in [0.05, 0.1) is 6.61 Å². The zero-order valence-electron chi connectivity index (χ0n) is 15.6. The second kappa shape index (κ2) is 8.96. The molecule has 2 unspecified atom stereocenters. The van der Waals surface area contributed by atoms with Crippen molar-refractivity contribution in [1.82, 2.24) is 4.90 Å². The highest BCUT2D eigenvalue weighted by atomic mass is 32.1. The van der Waals surface area contributed by atoms with E-state index in [4.69, 9.17) is 9.16 Å². The molecule has 0 aromatic carbocycles. The van der Waals surface area contributed by atoms with E-state index in [-0.39, 0.29) is 11.9 Å². The first kappa shape index (κ1) is 20.1. The molecule has 1 aromatic heterocycles. The van der Waals surface area contributed by atoms with Crippen LogP contribution >= 0.6 is 11.3 Å². The quantitative estimate of drug-likeness (QED) is 0.344. The molecular weight excluding hydrogens is 354 g/mol. The Morgan fingerprint density at radius 2 is 1.92 bits per heavy atom. The molecule has 2 amide bonds. The standard InChI is InChI=1S/C18H29NO4SSi/c1-5-9-12-22-18(21)19-15(14-11-10-13-24-14)16(17(19)20)23-25(6-2,7-3)8-4/h10-11,13,15-16H,5-9,12H2,1-4H3. The van der Waals surface area contributed by atoms with Gasteiger partial charge in [-0.05, 0) is 36.0 Å². The molecule has 1 aliphatic rings. The van der Waals surface area contributed by atoms with E-state index in [0.717, 1.165) is 35.9 Å². The van der Waals surface area contributed by atoms with Gasteiger partial charge in [-0.1, -0.05) is 40.2 Å². The summed E-state index contributed by atoms with van der Waals surface area (Å²) < 4.78 is 11.7. The zero-order chi connectivity index (χ0) is 18.4. The third kappa shape index (κ3) is 4.15. The maximum absolute atomic E-state index is 12.7. The van der Waals surface area contributed by atoms with Gasteiger partial charge >= 0.3 is 6.09 Å². The van der Waals surface area contributed by atoms with Gasteiger partial charge in [0, 0.05) is 4.88 Å². The van der Waals surface area contributed by atoms with Crippen LogP contribution in [0.3, 0.4) is 0 Å². The number of hydrogen-bond donors (Lipinski definition) is 0. The third-order valence-electron chi connectivity index (χ3n) is 5.11. The number of rotatable bonds is 9. The van der Waals surface area contributed by atoms with Crippen molar-refractivity contribution in [2.45, 2.75) is 70.8 Å². The normalized spacial score (nSPS) is 20.5. The second-order valence-electron chi connectivity index (χ2n) is 6.42. The topological polar surface area (TPSA) is 55.8 Å². The summed E-state index contributed by atoms with van der Waals surface area (Å²) in [5.74, 6) is -0.257. The summed E-state index contributed by atoms with van der Waals surface area (Å²) in [6.07, 6.45) is 0.644. The molecule has 0 spiro atoms. The Morgan fingerprint density at radius 3 is 2.44 bits per heavy atom. The van der Waals surface area contributed by atoms with Crippen LogP contribution in [0.5, 0.6) is 0 Å². The summed E-state index contributed by atoms with van der Waals surface area (Å²) in [5, 5.41) is 1.96. The van der Waals surface area contributed by atoms with Crippen LogP contribution in [0.4, 0.5) is 4.79 Å². The smallest absolute Gasteiger partial charge is 0.417 e. The lowest BCUT2D eigenvalue weighted by Gasteiger charge is -2.47. The number of unbranched alkanes of at least 4 members (excludes halogenated alkanes) is 1. The van der Waals surface area contributed by atoms with Crippen LogP contribution in [-0.2, 0) is 14.0 Å². The Hall–Kier alpha value is -1.18. The first-order valence-electron chi connectivity index (χ1n) is 9.24. The molecule has 1 aromatic rings. The summed E-state index contributed by atoms with van der Waals surface area (Å²) in [6.45, 7) is 8.79. The summed E-state index contributed by atoms with van der Waals surface area (Å²) >= 11 is 1.54. The number of carbonyl (C=O) groups excluding carboxylic acids is 2. The average molecular weight is 384 g/mol. The molecule has 7 heteroatoms. The van der Waals surface area contributed by atoms with Crippen LogP contribution in [0.2, 0.25) is 18.1 Å². The van der Waals surface area contributed by atoms with Gasteiger partial charge in [0.15, 0.2) is 14.4 Å². The molecule has 2 heterocycles. The third-order valence-corrected chi connectivity index (χ3v) is 10.7. The van der Waals surface area contributed by atoms with Gasteiger partial charge in [-0.15, -0.1) is 11.3 Å². The molecule has 1 aliphatic heterocycles. The van der Waals surface area contributed by atoms with E-state index < -0.39 is 20.5 Å². The van der Waals surface area contributed by atoms with Crippen LogP contribution in [0.1, 0.15) is 51.5 Å². The summed E-state index contributed by atoms with van der Waals surface area (Å²) in [5.41, 5.74) is 0. The van der Waals surface area contributed by atoms with Crippen molar-refractivity contribution in [3.8, 4) is 0 Å². The lowest BCUT2D eigenvalue weighted by molar-refractivity contribution is -0.160. The molecular formula is C18H29NO4SSi. The zero-order valence-corrected chi connectivity index (χ0v) is 17.4. The largest absolute Gasteiger partial charge is 0.449 e. The lowest BCUT2D eigenvalue weighted by Crippen LogP contribution is -2.64. The van der Waals surface area contributed by atoms with E-state index in [2.05, 4.69) is 20.8 Å². The van der Waals surface area contributed by atoms with E-state index in [9.17, 15) is 9.59 Å². The number of ether oxygens (including phenoxy) is 1. The number of hydrogen-bond acceptors (Lipinski definition) is 5. The van der Waals surface area contributed by atoms with Crippen LogP contribution in [0, 0.1) is 0 Å². The average Bonchev–Trinajstić information content (AvgIpc) is 3.15. The van der Waals surface area contributed by atoms with Crippen LogP contribution in [0.15, 0.2) is 17.5 Å². The van der Waals surface area contributed by atoms with Gasteiger partial charge in [-0.3, -0.25) is 4.79 Å². The number of imide groups is 1. The van der Waals surface area contributed by atoms with Gasteiger partial charge in [0.2, 0.25) is 0 Å². The molecule has 25 heavy (non-hydrogen) atoms. The Bertz CT molecular complexity index is 565. The van der Waals surface area contributed by atoms with Gasteiger partial charge in [-0.2, -0.15) is 0 Å². The molecule has 5 nitrogen and oxygen atoms in total. The molecule has 0 bridgehead atoms. The van der Waals surface area contributed by atoms with Gasteiger partial charge in [0.25, 0.3) is 5.91 Å². The molecule has 1 fully saturated rings. The van der Waals surface area contributed by atoms with Gasteiger partial charge < -0.3 is 9.16 Å². The lowest BCUT2D eigenvalue weighted by atomic mass is 9.97. The van der Waals surface area contributed by atoms with Crippen molar-refractivity contribution < 1.29 is 18.8 Å². The fraction of sp³-hybridized carbons (Fsp3) is 0.667. The first-order valence-corrected chi connectivity index (χ1v) is 12.7. The van der Waals surface area contributed by atoms with E-state index in [1.807, 2.05) is 24.4 Å². The van der Waals surface area contributed by atoms with E-state index in [1.54, 1.807) is 11.3 Å². The monoisotopic (exact) mass is 383 g/mol. The van der Waals surface area contributed by atoms with E-state index in [0.29, 0.717) is 6.61 Å². The number of carbonyl (C=O) groups is 2. The predicted octanol–water partition coefficient (Wildman–Crippen LogP) is 4.96. The molecule has 0 saturated carbocycles. The van der Waals surface area contributed by atoms with Crippen molar-refractivity contribution in [1.29, 1.82) is 0 Å². The molecule has 0 aliphatic carbocycles. The van der Waals surface area contributed by atoms with Crippen molar-refractivity contribution in [2.24, 2.45) is 0 Å². The summed E-state index contributed by atoms with van der Waals surface area (Å²) in [4.78, 5) is 27.3. The maximum Gasteiger partial charge on any atom is 0.417 e. The number of β-lactam (4-membered cyclic amide) rings is 1. The second-order valence-corrected chi connectivity index (χ2v) is 12.1. The molecule has 1 saturated heterocycles. The Morgan fingerprint density at radius 1 is 1.24 bits per heavy atom. The summed E-state index contributed by atoms with van der Waals surface area (Å²) in [7, 11) is -1.94. The Kier molecular flexibility index (Phi) is 7.21. The Labute approximate surface area is 155 Å². The summed E-state index contributed by atoms with van der Waals surface area (Å²) in [6, 6.07) is 6.46. The molecule has 0 N–H and O–H groups in total. The molecule has 140 valence electrons. The fourth-order valence-electron chi connectivity index (χ4n) is 3.16. The number of amides is 2. The minimum atomic E-state index is -1.94. The molecule has 0 radical (unpaired) electrons. The van der Waals surface area contributed by atoms with Crippen molar-refractivity contribution in [3.05, 3.63) is 22.4 Å². The number of nitrogens with zero attached hydrogens (tertiary/aromatic N) is 1. The predicted molar refractivity (Wildman–Crippen MR) is 102 cm³/mol. The van der Waals surface area contributed by atoms with Crippen LogP contribution in [0.25, 0.3) is 0 Å². The SMILES string of the molecule is CCCCOC(=O)N1C(=O)C(O[Si](CC)(CC)CC)C1c1cccs1. The highest BCUT2D eigenvalue weighted by molar-refractivity contribution is 7.10. The maximum atomic E-state index is 12.7. The van der Waals surface area contributed by atoms with Crippen LogP contribution < -0.4 is 0 Å². The minimum absolute atomic E-state index is 0.257. The van der Waals surface area contributed by atoms with E-state index in [1.165, 1.54) is 4.90 Å². The Balaban J connectivity index is 2.18. The highest BCUT2D eigenvalue weighted by Gasteiger charge is 2.55. The number of likely N-dealkylation sites (tertiary alicyclic amines) is 1. The fourth-order valence-corrected chi connectivity index (χ4v) is 6.77. The van der Waals surface area contributed by atoms with Crippen molar-refractivity contribution >= 4 is 31.7 Å². The van der Waals surface area contributed by atoms with Crippen molar-refractivity contribution in [3.63, 3.8) is 0 Å². The minimum Gasteiger partial charge on any atom is -0.449 e. The molecule has 2 atom stereocenters. The van der Waals surface area contributed by atoms with E-state index >= 15 is 0 Å². The van der Waals surface area contributed by atoms with Gasteiger partial charge in [0.1, 0.15) is 6.04 Å². The number of thiophene rings is 1. The highest BCUT2D eigenvalue weighted by Crippen LogP contribution is 2.42. The first-order chi connectivity index (χ1) is 12.0. The molecule has 2 rings (SSSR count).